The molecule has 0 spiro atoms. The average molecular weight is 304 g/mol. The Morgan fingerprint density at radius 1 is 1.30 bits per heavy atom. The predicted octanol–water partition coefficient (Wildman–Crippen LogP) is 4.08. The summed E-state index contributed by atoms with van der Waals surface area (Å²) in [7, 11) is 0. The zero-order chi connectivity index (χ0) is 14.8. The van der Waals surface area contributed by atoms with E-state index in [1.807, 2.05) is 6.92 Å². The lowest BCUT2D eigenvalue weighted by atomic mass is 10.2. The van der Waals surface area contributed by atoms with Gasteiger partial charge in [0.1, 0.15) is 10.8 Å². The molecule has 108 valence electrons. The lowest BCUT2D eigenvalue weighted by Crippen LogP contribution is -2.15. The number of thiazole rings is 1. The standard InChI is InChI=1S/C13H12F4N2S/c1-2-18-7-10-11(13(15,16)17)19-12(20-10)8-4-3-5-9(14)6-8/h3-6,18H,2,7H2,1H3. The van der Waals surface area contributed by atoms with Crippen LogP contribution in [0.25, 0.3) is 10.6 Å². The first-order valence-electron chi connectivity index (χ1n) is 5.95. The minimum Gasteiger partial charge on any atom is -0.312 e. The second-order valence-corrected chi connectivity index (χ2v) is 5.16. The van der Waals surface area contributed by atoms with Crippen LogP contribution in [-0.4, -0.2) is 11.5 Å². The summed E-state index contributed by atoms with van der Waals surface area (Å²) in [4.78, 5) is 3.74. The third-order valence-electron chi connectivity index (χ3n) is 2.57. The molecule has 1 N–H and O–H groups in total. The minimum atomic E-state index is -4.51. The van der Waals surface area contributed by atoms with Gasteiger partial charge in [-0.1, -0.05) is 19.1 Å². The van der Waals surface area contributed by atoms with Gasteiger partial charge in [0.05, 0.1) is 4.88 Å². The van der Waals surface area contributed by atoms with Crippen LogP contribution in [-0.2, 0) is 12.7 Å². The largest absolute Gasteiger partial charge is 0.434 e. The molecule has 1 heterocycles. The summed E-state index contributed by atoms with van der Waals surface area (Å²) < 4.78 is 51.9. The van der Waals surface area contributed by atoms with E-state index in [4.69, 9.17) is 0 Å². The van der Waals surface area contributed by atoms with Crippen molar-refractivity contribution in [2.45, 2.75) is 19.6 Å². The van der Waals surface area contributed by atoms with Gasteiger partial charge in [-0.05, 0) is 18.7 Å². The number of halogens is 4. The minimum absolute atomic E-state index is 0.0956. The van der Waals surface area contributed by atoms with E-state index in [0.29, 0.717) is 12.1 Å². The number of nitrogens with one attached hydrogen (secondary N) is 1. The zero-order valence-electron chi connectivity index (χ0n) is 10.6. The van der Waals surface area contributed by atoms with Crippen LogP contribution in [0.2, 0.25) is 0 Å². The Balaban J connectivity index is 2.43. The van der Waals surface area contributed by atoms with Crippen LogP contribution >= 0.6 is 11.3 Å². The number of nitrogens with zero attached hydrogens (tertiary/aromatic N) is 1. The molecule has 0 amide bonds. The SMILES string of the molecule is CCNCc1sc(-c2cccc(F)c2)nc1C(F)(F)F. The van der Waals surface area contributed by atoms with Crippen LogP contribution in [0.15, 0.2) is 24.3 Å². The van der Waals surface area contributed by atoms with E-state index >= 15 is 0 Å². The van der Waals surface area contributed by atoms with Crippen molar-refractivity contribution in [1.29, 1.82) is 0 Å². The summed E-state index contributed by atoms with van der Waals surface area (Å²) in [5.74, 6) is -0.500. The Morgan fingerprint density at radius 2 is 2.05 bits per heavy atom. The van der Waals surface area contributed by atoms with Crippen molar-refractivity contribution < 1.29 is 17.6 Å². The van der Waals surface area contributed by atoms with Crippen LogP contribution in [0.5, 0.6) is 0 Å². The highest BCUT2D eigenvalue weighted by Gasteiger charge is 2.37. The molecule has 0 aliphatic carbocycles. The lowest BCUT2D eigenvalue weighted by Gasteiger charge is -2.05. The monoisotopic (exact) mass is 304 g/mol. The van der Waals surface area contributed by atoms with Crippen LogP contribution < -0.4 is 5.32 Å². The fourth-order valence-electron chi connectivity index (χ4n) is 1.68. The highest BCUT2D eigenvalue weighted by molar-refractivity contribution is 7.15. The van der Waals surface area contributed by atoms with E-state index in [-0.39, 0.29) is 16.4 Å². The summed E-state index contributed by atoms with van der Waals surface area (Å²) in [6, 6.07) is 5.40. The molecule has 2 aromatic rings. The molecule has 0 atom stereocenters. The van der Waals surface area contributed by atoms with Crippen molar-refractivity contribution in [3.8, 4) is 10.6 Å². The summed E-state index contributed by atoms with van der Waals surface area (Å²) in [6.45, 7) is 2.46. The van der Waals surface area contributed by atoms with E-state index < -0.39 is 17.7 Å². The molecule has 0 radical (unpaired) electrons. The fraction of sp³-hybridized carbons (Fsp3) is 0.308. The van der Waals surface area contributed by atoms with Crippen molar-refractivity contribution in [3.05, 3.63) is 40.7 Å². The molecule has 0 saturated carbocycles. The van der Waals surface area contributed by atoms with Gasteiger partial charge >= 0.3 is 6.18 Å². The smallest absolute Gasteiger partial charge is 0.312 e. The fourth-order valence-corrected chi connectivity index (χ4v) is 2.72. The molecule has 0 saturated heterocycles. The summed E-state index contributed by atoms with van der Waals surface area (Å²) in [5, 5.41) is 3.02. The average Bonchev–Trinajstić information content (AvgIpc) is 2.80. The quantitative estimate of drug-likeness (QED) is 0.861. The highest BCUT2D eigenvalue weighted by Crippen LogP contribution is 2.37. The van der Waals surface area contributed by atoms with Crippen molar-refractivity contribution in [3.63, 3.8) is 0 Å². The Kier molecular flexibility index (Phi) is 4.39. The molecule has 7 heteroatoms. The van der Waals surface area contributed by atoms with E-state index in [9.17, 15) is 17.6 Å². The van der Waals surface area contributed by atoms with E-state index in [0.717, 1.165) is 11.3 Å². The maximum Gasteiger partial charge on any atom is 0.434 e. The van der Waals surface area contributed by atoms with Crippen LogP contribution in [0.1, 0.15) is 17.5 Å². The number of benzene rings is 1. The number of hydrogen-bond acceptors (Lipinski definition) is 3. The number of aromatic nitrogens is 1. The lowest BCUT2D eigenvalue weighted by molar-refractivity contribution is -0.141. The van der Waals surface area contributed by atoms with Gasteiger partial charge < -0.3 is 5.32 Å². The highest BCUT2D eigenvalue weighted by atomic mass is 32.1. The first kappa shape index (κ1) is 14.9. The van der Waals surface area contributed by atoms with Crippen LogP contribution in [0.4, 0.5) is 17.6 Å². The van der Waals surface area contributed by atoms with E-state index in [1.54, 1.807) is 6.07 Å². The Morgan fingerprint density at radius 3 is 2.65 bits per heavy atom. The first-order valence-corrected chi connectivity index (χ1v) is 6.77. The van der Waals surface area contributed by atoms with Gasteiger partial charge in [0.15, 0.2) is 5.69 Å². The van der Waals surface area contributed by atoms with Crippen molar-refractivity contribution in [2.24, 2.45) is 0 Å². The molecule has 1 aromatic carbocycles. The Hall–Kier alpha value is -1.47. The number of alkyl halides is 3. The Labute approximate surface area is 117 Å². The van der Waals surface area contributed by atoms with Gasteiger partial charge in [0, 0.05) is 12.1 Å². The second kappa shape index (κ2) is 5.88. The first-order chi connectivity index (χ1) is 9.41. The van der Waals surface area contributed by atoms with E-state index in [1.165, 1.54) is 18.2 Å². The molecular formula is C13H12F4N2S. The summed E-state index contributed by atoms with van der Waals surface area (Å²) >= 11 is 0.928. The zero-order valence-corrected chi connectivity index (χ0v) is 11.4. The molecule has 0 fully saturated rings. The number of hydrogen-bond donors (Lipinski definition) is 1. The molecule has 0 unspecified atom stereocenters. The molecular weight excluding hydrogens is 292 g/mol. The predicted molar refractivity (Wildman–Crippen MR) is 69.9 cm³/mol. The van der Waals surface area contributed by atoms with Gasteiger partial charge in [0.2, 0.25) is 0 Å². The second-order valence-electron chi connectivity index (χ2n) is 4.08. The van der Waals surface area contributed by atoms with Crippen molar-refractivity contribution >= 4 is 11.3 Å². The maximum absolute atomic E-state index is 13.1. The number of rotatable bonds is 4. The van der Waals surface area contributed by atoms with Gasteiger partial charge in [-0.25, -0.2) is 9.37 Å². The summed E-state index contributed by atoms with van der Waals surface area (Å²) in [6.07, 6.45) is -4.51. The normalized spacial score (nSPS) is 11.8. The van der Waals surface area contributed by atoms with Gasteiger partial charge in [0.25, 0.3) is 0 Å². The third kappa shape index (κ3) is 3.34. The topological polar surface area (TPSA) is 24.9 Å². The van der Waals surface area contributed by atoms with Crippen LogP contribution in [0.3, 0.4) is 0 Å². The van der Waals surface area contributed by atoms with Gasteiger partial charge in [-0.3, -0.25) is 0 Å². The van der Waals surface area contributed by atoms with Gasteiger partial charge in [-0.2, -0.15) is 13.2 Å². The third-order valence-corrected chi connectivity index (χ3v) is 3.68. The van der Waals surface area contributed by atoms with Crippen LogP contribution in [0, 0.1) is 5.82 Å². The molecule has 2 nitrogen and oxygen atoms in total. The van der Waals surface area contributed by atoms with Gasteiger partial charge in [-0.15, -0.1) is 11.3 Å². The molecule has 0 aliphatic rings. The Bertz CT molecular complexity index is 592. The molecule has 20 heavy (non-hydrogen) atoms. The summed E-state index contributed by atoms with van der Waals surface area (Å²) in [5.41, 5.74) is -0.550. The van der Waals surface area contributed by atoms with E-state index in [2.05, 4.69) is 10.3 Å². The molecule has 0 bridgehead atoms. The molecule has 2 rings (SSSR count). The maximum atomic E-state index is 13.1. The van der Waals surface area contributed by atoms with Crippen molar-refractivity contribution in [1.82, 2.24) is 10.3 Å². The molecule has 0 aliphatic heterocycles. The van der Waals surface area contributed by atoms with Crippen molar-refractivity contribution in [2.75, 3.05) is 6.54 Å². The molecule has 1 aromatic heterocycles.